The van der Waals surface area contributed by atoms with Crippen LogP contribution in [-0.2, 0) is 11.0 Å². The van der Waals surface area contributed by atoms with E-state index in [1.54, 1.807) is 0 Å². The average molecular weight is 246 g/mol. The van der Waals surface area contributed by atoms with Crippen LogP contribution in [-0.4, -0.2) is 20.5 Å². The van der Waals surface area contributed by atoms with E-state index < -0.39 is 18.3 Å². The van der Waals surface area contributed by atoms with E-state index in [1.807, 2.05) is 0 Å². The zero-order valence-electron chi connectivity index (χ0n) is 8.18. The van der Waals surface area contributed by atoms with Gasteiger partial charge in [-0.3, -0.25) is 14.7 Å². The van der Waals surface area contributed by atoms with Crippen molar-refractivity contribution in [3.63, 3.8) is 0 Å². The molecule has 0 spiro atoms. The Morgan fingerprint density at radius 1 is 1.38 bits per heavy atom. The molecule has 0 aliphatic rings. The van der Waals surface area contributed by atoms with Crippen molar-refractivity contribution < 1.29 is 19.3 Å². The van der Waals surface area contributed by atoms with E-state index in [9.17, 15) is 14.7 Å². The van der Waals surface area contributed by atoms with Crippen molar-refractivity contribution >= 4 is 13.3 Å². The maximum Gasteiger partial charge on any atom is 0.342 e. The lowest BCUT2D eigenvalue weighted by molar-refractivity contribution is -0.384. The van der Waals surface area contributed by atoms with Gasteiger partial charge in [-0.15, -0.1) is 0 Å². The van der Waals surface area contributed by atoms with E-state index in [0.717, 1.165) is 0 Å². The first-order valence-electron chi connectivity index (χ1n) is 4.35. The van der Waals surface area contributed by atoms with E-state index in [0.29, 0.717) is 5.56 Å². The van der Waals surface area contributed by atoms with Gasteiger partial charge in [0.25, 0.3) is 5.69 Å². The molecule has 0 fully saturated rings. The quantitative estimate of drug-likeness (QED) is 0.405. The Morgan fingerprint density at radius 2 is 1.88 bits per heavy atom. The molecule has 1 rings (SSSR count). The monoisotopic (exact) mass is 246 g/mol. The lowest BCUT2D eigenvalue weighted by Crippen LogP contribution is -2.22. The fourth-order valence-corrected chi connectivity index (χ4v) is 1.56. The second-order valence-electron chi connectivity index (χ2n) is 3.28. The molecule has 4 N–H and O–H groups in total. The van der Waals surface area contributed by atoms with E-state index in [4.69, 9.17) is 15.5 Å². The standard InChI is InChI=1S/C8H11N2O5P/c9-8(16(13,14)15)5-6-1-3-7(4-2-6)10(11)12/h1-4,8H,5,9H2,(H2,13,14,15). The molecule has 0 saturated carbocycles. The lowest BCUT2D eigenvalue weighted by atomic mass is 10.1. The number of hydrogen-bond donors (Lipinski definition) is 3. The third-order valence-electron chi connectivity index (χ3n) is 2.02. The molecular weight excluding hydrogens is 235 g/mol. The highest BCUT2D eigenvalue weighted by Gasteiger charge is 2.24. The molecule has 1 aromatic carbocycles. The molecule has 1 aromatic rings. The third-order valence-corrected chi connectivity index (χ3v) is 3.07. The van der Waals surface area contributed by atoms with Crippen LogP contribution in [0, 0.1) is 10.1 Å². The summed E-state index contributed by atoms with van der Waals surface area (Å²) in [5, 5.41) is 10.4. The molecular formula is C8H11N2O5P. The van der Waals surface area contributed by atoms with Crippen LogP contribution in [0.4, 0.5) is 5.69 Å². The van der Waals surface area contributed by atoms with Crippen molar-refractivity contribution in [2.45, 2.75) is 12.2 Å². The van der Waals surface area contributed by atoms with Crippen LogP contribution in [0.1, 0.15) is 5.56 Å². The molecule has 0 aliphatic carbocycles. The van der Waals surface area contributed by atoms with Crippen LogP contribution in [0.2, 0.25) is 0 Å². The fraction of sp³-hybridized carbons (Fsp3) is 0.250. The van der Waals surface area contributed by atoms with Crippen LogP contribution in [0.15, 0.2) is 24.3 Å². The van der Waals surface area contributed by atoms with Gasteiger partial charge in [0.2, 0.25) is 0 Å². The zero-order valence-corrected chi connectivity index (χ0v) is 9.08. The summed E-state index contributed by atoms with van der Waals surface area (Å²) < 4.78 is 10.8. The summed E-state index contributed by atoms with van der Waals surface area (Å²) in [5.74, 6) is -1.28. The van der Waals surface area contributed by atoms with Crippen LogP contribution < -0.4 is 5.73 Å². The van der Waals surface area contributed by atoms with Crippen LogP contribution in [0.25, 0.3) is 0 Å². The van der Waals surface area contributed by atoms with Gasteiger partial charge in [0.15, 0.2) is 0 Å². The highest BCUT2D eigenvalue weighted by atomic mass is 31.2. The lowest BCUT2D eigenvalue weighted by Gasteiger charge is -2.12. The zero-order chi connectivity index (χ0) is 12.3. The summed E-state index contributed by atoms with van der Waals surface area (Å²) in [5.41, 5.74) is 5.75. The van der Waals surface area contributed by atoms with Gasteiger partial charge in [-0.1, -0.05) is 12.1 Å². The van der Waals surface area contributed by atoms with Gasteiger partial charge in [-0.05, 0) is 12.0 Å². The van der Waals surface area contributed by atoms with Gasteiger partial charge in [0.1, 0.15) is 5.78 Å². The summed E-state index contributed by atoms with van der Waals surface area (Å²) in [6.45, 7) is 0. The molecule has 0 heterocycles. The first-order valence-corrected chi connectivity index (χ1v) is 6.03. The Hall–Kier alpha value is -1.27. The van der Waals surface area contributed by atoms with Crippen molar-refractivity contribution in [2.24, 2.45) is 5.73 Å². The summed E-state index contributed by atoms with van der Waals surface area (Å²) in [4.78, 5) is 27.3. The maximum atomic E-state index is 10.8. The minimum atomic E-state index is -4.31. The number of nitro groups is 1. The number of non-ortho nitro benzene ring substituents is 1. The SMILES string of the molecule is NC(Cc1ccc([N+](=O)[O-])cc1)P(=O)(O)O. The van der Waals surface area contributed by atoms with Crippen molar-refractivity contribution in [1.29, 1.82) is 0 Å². The van der Waals surface area contributed by atoms with Gasteiger partial charge in [0, 0.05) is 12.1 Å². The minimum absolute atomic E-state index is 0.0255. The smallest absolute Gasteiger partial charge is 0.323 e. The summed E-state index contributed by atoms with van der Waals surface area (Å²) in [6, 6.07) is 5.38. The normalized spacial score (nSPS) is 13.4. The Balaban J connectivity index is 2.77. The van der Waals surface area contributed by atoms with E-state index >= 15 is 0 Å². The highest BCUT2D eigenvalue weighted by Crippen LogP contribution is 2.39. The Morgan fingerprint density at radius 3 is 2.25 bits per heavy atom. The maximum absolute atomic E-state index is 10.8. The molecule has 0 radical (unpaired) electrons. The molecule has 1 unspecified atom stereocenters. The van der Waals surface area contributed by atoms with Crippen molar-refractivity contribution in [3.8, 4) is 0 Å². The number of nitrogens with zero attached hydrogens (tertiary/aromatic N) is 1. The van der Waals surface area contributed by atoms with Gasteiger partial charge < -0.3 is 15.5 Å². The predicted molar refractivity (Wildman–Crippen MR) is 56.8 cm³/mol. The minimum Gasteiger partial charge on any atom is -0.323 e. The van der Waals surface area contributed by atoms with Gasteiger partial charge >= 0.3 is 7.60 Å². The molecule has 0 saturated heterocycles. The van der Waals surface area contributed by atoms with Gasteiger partial charge in [0.05, 0.1) is 4.92 Å². The molecule has 88 valence electrons. The summed E-state index contributed by atoms with van der Waals surface area (Å²) in [7, 11) is -4.31. The molecule has 8 heteroatoms. The second-order valence-corrected chi connectivity index (χ2v) is 5.13. The number of benzene rings is 1. The number of nitro benzene ring substituents is 1. The van der Waals surface area contributed by atoms with E-state index in [2.05, 4.69) is 0 Å². The highest BCUT2D eigenvalue weighted by molar-refractivity contribution is 7.52. The predicted octanol–water partition coefficient (Wildman–Crippen LogP) is 0.600. The molecule has 0 aliphatic heterocycles. The van der Waals surface area contributed by atoms with Crippen molar-refractivity contribution in [3.05, 3.63) is 39.9 Å². The Bertz CT molecular complexity index is 427. The largest absolute Gasteiger partial charge is 0.342 e. The molecule has 0 bridgehead atoms. The van der Waals surface area contributed by atoms with Crippen molar-refractivity contribution in [1.82, 2.24) is 0 Å². The van der Waals surface area contributed by atoms with Crippen molar-refractivity contribution in [2.75, 3.05) is 0 Å². The van der Waals surface area contributed by atoms with E-state index in [-0.39, 0.29) is 12.1 Å². The molecule has 1 atom stereocenters. The molecule has 16 heavy (non-hydrogen) atoms. The molecule has 7 nitrogen and oxygen atoms in total. The second kappa shape index (κ2) is 4.71. The first kappa shape index (κ1) is 12.8. The fourth-order valence-electron chi connectivity index (χ4n) is 1.11. The molecule has 0 aromatic heterocycles. The first-order chi connectivity index (χ1) is 7.30. The third kappa shape index (κ3) is 3.39. The number of hydrogen-bond acceptors (Lipinski definition) is 4. The van der Waals surface area contributed by atoms with Crippen LogP contribution in [0.5, 0.6) is 0 Å². The molecule has 0 amide bonds. The van der Waals surface area contributed by atoms with E-state index in [1.165, 1.54) is 24.3 Å². The summed E-state index contributed by atoms with van der Waals surface area (Å²) in [6.07, 6.45) is -0.0255. The summed E-state index contributed by atoms with van der Waals surface area (Å²) >= 11 is 0. The number of nitrogens with two attached hydrogens (primary N) is 1. The van der Waals surface area contributed by atoms with Gasteiger partial charge in [-0.25, -0.2) is 0 Å². The van der Waals surface area contributed by atoms with Crippen LogP contribution >= 0.6 is 7.60 Å². The average Bonchev–Trinajstić information content (AvgIpc) is 2.17. The number of rotatable bonds is 4. The Kier molecular flexibility index (Phi) is 3.77. The van der Waals surface area contributed by atoms with Gasteiger partial charge in [-0.2, -0.15) is 0 Å². The van der Waals surface area contributed by atoms with Crippen LogP contribution in [0.3, 0.4) is 0 Å². The Labute approximate surface area is 91.2 Å². The topological polar surface area (TPSA) is 127 Å².